The molecule has 28 heavy (non-hydrogen) atoms. The second-order valence-electron chi connectivity index (χ2n) is 9.17. The fraction of sp³-hybridized carbons (Fsp3) is 0.815. The highest BCUT2D eigenvalue weighted by molar-refractivity contribution is 5.98. The molecule has 1 unspecified atom stereocenters. The molecule has 0 amide bonds. The molecule has 0 aliphatic heterocycles. The van der Waals surface area contributed by atoms with Crippen LogP contribution in [0.3, 0.4) is 0 Å². The Hall–Kier alpha value is -0.850. The van der Waals surface area contributed by atoms with E-state index in [1.54, 1.807) is 0 Å². The Kier molecular flexibility index (Phi) is 15.3. The first kappa shape index (κ1) is 25.2. The van der Waals surface area contributed by atoms with Gasteiger partial charge >= 0.3 is 0 Å². The molecule has 1 aliphatic carbocycles. The Morgan fingerprint density at radius 1 is 0.786 bits per heavy atom. The van der Waals surface area contributed by atoms with E-state index in [4.69, 9.17) is 0 Å². The number of unbranched alkanes of at least 4 members (excludes halogenated alkanes) is 16. The Bertz CT molecular complexity index is 457. The Balaban J connectivity index is 1.84. The molecule has 1 rings (SSSR count). The molecule has 1 heteroatoms. The van der Waals surface area contributed by atoms with Gasteiger partial charge in [0, 0.05) is 5.92 Å². The van der Waals surface area contributed by atoms with Gasteiger partial charge in [0.2, 0.25) is 0 Å². The lowest BCUT2D eigenvalue weighted by atomic mass is 9.86. The van der Waals surface area contributed by atoms with Crippen LogP contribution in [0.25, 0.3) is 0 Å². The van der Waals surface area contributed by atoms with Crippen molar-refractivity contribution in [3.63, 3.8) is 0 Å². The molecule has 0 spiro atoms. The van der Waals surface area contributed by atoms with Crippen molar-refractivity contribution in [2.75, 3.05) is 0 Å². The summed E-state index contributed by atoms with van der Waals surface area (Å²) in [5.74, 6) is 0.515. The van der Waals surface area contributed by atoms with Gasteiger partial charge in [0.25, 0.3) is 0 Å². The summed E-state index contributed by atoms with van der Waals surface area (Å²) in [5, 5.41) is 0. The Morgan fingerprint density at radius 2 is 1.21 bits per heavy atom. The lowest BCUT2D eigenvalue weighted by Crippen LogP contribution is -2.16. The molecular formula is C27H48O. The number of allylic oxidation sites excluding steroid dienone is 4. The Morgan fingerprint density at radius 3 is 1.64 bits per heavy atom. The SMILES string of the molecule is CCCCCCCCCCCCCCCCCC/C=C1\C=C(C)C(=O)C(C)C1. The van der Waals surface area contributed by atoms with E-state index in [0.29, 0.717) is 5.78 Å². The summed E-state index contributed by atoms with van der Waals surface area (Å²) in [5.41, 5.74) is 2.32. The number of rotatable bonds is 17. The maximum absolute atomic E-state index is 11.8. The average Bonchev–Trinajstić information content (AvgIpc) is 2.68. The van der Waals surface area contributed by atoms with Crippen LogP contribution < -0.4 is 0 Å². The standard InChI is InChI=1S/C27H48O/c1-4-5-6-7-8-9-10-11-12-13-14-15-16-17-18-19-20-21-26-22-24(2)27(28)25(3)23-26/h21-22,25H,4-20,23H2,1-3H3/b26-21+. The van der Waals surface area contributed by atoms with Crippen molar-refractivity contribution in [3.8, 4) is 0 Å². The predicted octanol–water partition coefficient (Wildman–Crippen LogP) is 9.12. The lowest BCUT2D eigenvalue weighted by molar-refractivity contribution is -0.118. The summed E-state index contributed by atoms with van der Waals surface area (Å²) in [6.07, 6.45) is 29.4. The third-order valence-corrected chi connectivity index (χ3v) is 6.24. The molecule has 0 bridgehead atoms. The van der Waals surface area contributed by atoms with Gasteiger partial charge in [0.1, 0.15) is 0 Å². The molecule has 1 aliphatic rings. The number of Topliss-reactive ketones (excluding diaryl/α,β-unsaturated/α-hetero) is 1. The highest BCUT2D eigenvalue weighted by atomic mass is 16.1. The largest absolute Gasteiger partial charge is 0.294 e. The quantitative estimate of drug-likeness (QED) is 0.227. The molecule has 1 nitrogen and oxygen atoms in total. The third kappa shape index (κ3) is 12.6. The van der Waals surface area contributed by atoms with Gasteiger partial charge in [0.15, 0.2) is 5.78 Å². The van der Waals surface area contributed by atoms with Crippen molar-refractivity contribution in [2.45, 2.75) is 136 Å². The van der Waals surface area contributed by atoms with Gasteiger partial charge in [0.05, 0.1) is 0 Å². The zero-order valence-electron chi connectivity index (χ0n) is 19.4. The lowest BCUT2D eigenvalue weighted by Gasteiger charge is -2.17. The van der Waals surface area contributed by atoms with E-state index in [9.17, 15) is 4.79 Å². The zero-order valence-corrected chi connectivity index (χ0v) is 19.4. The summed E-state index contributed by atoms with van der Waals surface area (Å²) in [7, 11) is 0. The van der Waals surface area contributed by atoms with E-state index in [1.807, 2.05) is 6.92 Å². The molecular weight excluding hydrogens is 340 g/mol. The summed E-state index contributed by atoms with van der Waals surface area (Å²) in [6.45, 7) is 6.31. The molecule has 1 atom stereocenters. The summed E-state index contributed by atoms with van der Waals surface area (Å²) < 4.78 is 0. The second-order valence-corrected chi connectivity index (χ2v) is 9.17. The third-order valence-electron chi connectivity index (χ3n) is 6.24. The van der Waals surface area contributed by atoms with Crippen LogP contribution in [-0.4, -0.2) is 5.78 Å². The van der Waals surface area contributed by atoms with E-state index in [0.717, 1.165) is 12.0 Å². The van der Waals surface area contributed by atoms with E-state index in [2.05, 4.69) is 26.0 Å². The minimum absolute atomic E-state index is 0.182. The molecule has 0 N–H and O–H groups in total. The van der Waals surface area contributed by atoms with E-state index < -0.39 is 0 Å². The highest BCUT2D eigenvalue weighted by Gasteiger charge is 2.20. The number of ketones is 1. The number of hydrogen-bond acceptors (Lipinski definition) is 1. The molecule has 0 heterocycles. The first-order valence-corrected chi connectivity index (χ1v) is 12.6. The number of carbonyl (C=O) groups is 1. The molecule has 0 saturated heterocycles. The van der Waals surface area contributed by atoms with E-state index in [-0.39, 0.29) is 5.92 Å². The Labute approximate surface area is 176 Å². The van der Waals surface area contributed by atoms with Crippen LogP contribution >= 0.6 is 0 Å². The van der Waals surface area contributed by atoms with Gasteiger partial charge in [-0.25, -0.2) is 0 Å². The number of carbonyl (C=O) groups excluding carboxylic acids is 1. The van der Waals surface area contributed by atoms with Crippen LogP contribution in [0.4, 0.5) is 0 Å². The average molecular weight is 389 g/mol. The monoisotopic (exact) mass is 388 g/mol. The normalized spacial score (nSPS) is 18.7. The fourth-order valence-corrected chi connectivity index (χ4v) is 4.37. The molecule has 0 aromatic carbocycles. The van der Waals surface area contributed by atoms with Crippen LogP contribution in [0.5, 0.6) is 0 Å². The molecule has 0 aromatic heterocycles. The van der Waals surface area contributed by atoms with Crippen LogP contribution in [0.15, 0.2) is 23.3 Å². The van der Waals surface area contributed by atoms with Crippen LogP contribution in [0.2, 0.25) is 0 Å². The van der Waals surface area contributed by atoms with Gasteiger partial charge in [-0.1, -0.05) is 128 Å². The maximum atomic E-state index is 11.8. The molecule has 0 saturated carbocycles. The van der Waals surface area contributed by atoms with Crippen molar-refractivity contribution in [2.24, 2.45) is 5.92 Å². The zero-order chi connectivity index (χ0) is 20.5. The van der Waals surface area contributed by atoms with Gasteiger partial charge in [-0.2, -0.15) is 0 Å². The molecule has 162 valence electrons. The van der Waals surface area contributed by atoms with E-state index in [1.165, 1.54) is 115 Å². The topological polar surface area (TPSA) is 17.1 Å². The minimum atomic E-state index is 0.182. The van der Waals surface area contributed by atoms with Crippen molar-refractivity contribution in [3.05, 3.63) is 23.3 Å². The first-order valence-electron chi connectivity index (χ1n) is 12.6. The summed E-state index contributed by atoms with van der Waals surface area (Å²) in [6, 6.07) is 0. The molecule has 0 fully saturated rings. The predicted molar refractivity (Wildman–Crippen MR) is 125 cm³/mol. The molecule has 0 aromatic rings. The second kappa shape index (κ2) is 17.0. The van der Waals surface area contributed by atoms with Gasteiger partial charge in [-0.3, -0.25) is 4.79 Å². The summed E-state index contributed by atoms with van der Waals surface area (Å²) >= 11 is 0. The van der Waals surface area contributed by atoms with Crippen LogP contribution in [0.1, 0.15) is 136 Å². The van der Waals surface area contributed by atoms with Gasteiger partial charge in [-0.15, -0.1) is 0 Å². The minimum Gasteiger partial charge on any atom is -0.294 e. The highest BCUT2D eigenvalue weighted by Crippen LogP contribution is 2.25. The fourth-order valence-electron chi connectivity index (χ4n) is 4.37. The van der Waals surface area contributed by atoms with Crippen molar-refractivity contribution >= 4 is 5.78 Å². The van der Waals surface area contributed by atoms with Crippen LogP contribution in [-0.2, 0) is 4.79 Å². The maximum Gasteiger partial charge on any atom is 0.161 e. The van der Waals surface area contributed by atoms with Crippen molar-refractivity contribution in [1.29, 1.82) is 0 Å². The summed E-state index contributed by atoms with van der Waals surface area (Å²) in [4.78, 5) is 11.8. The van der Waals surface area contributed by atoms with Crippen molar-refractivity contribution < 1.29 is 4.79 Å². The van der Waals surface area contributed by atoms with E-state index >= 15 is 0 Å². The van der Waals surface area contributed by atoms with Gasteiger partial charge in [-0.05, 0) is 31.8 Å². The van der Waals surface area contributed by atoms with Gasteiger partial charge < -0.3 is 0 Å². The van der Waals surface area contributed by atoms with Crippen molar-refractivity contribution in [1.82, 2.24) is 0 Å². The number of hydrogen-bond donors (Lipinski definition) is 0. The first-order chi connectivity index (χ1) is 13.6. The smallest absolute Gasteiger partial charge is 0.161 e. The van der Waals surface area contributed by atoms with Crippen LogP contribution in [0, 0.1) is 5.92 Å². The molecule has 0 radical (unpaired) electrons.